The lowest BCUT2D eigenvalue weighted by molar-refractivity contribution is 0.0695. The SMILES string of the molecule is Cc1cccc(COc2ccccc2CN(Cc2ccccc2OCc2cccc(C)c2)c2ccc3[nH]c(=O)c(C(=O)O)cc3c2)c1. The molecule has 0 aliphatic heterocycles. The summed E-state index contributed by atoms with van der Waals surface area (Å²) in [6.45, 7) is 6.01. The molecule has 0 radical (unpaired) electrons. The second kappa shape index (κ2) is 14.1. The number of fused-ring (bicyclic) bond motifs is 1. The van der Waals surface area contributed by atoms with Crippen LogP contribution in [-0.4, -0.2) is 16.1 Å². The third-order valence-corrected chi connectivity index (χ3v) is 8.04. The van der Waals surface area contributed by atoms with E-state index in [0.717, 1.165) is 39.4 Å². The number of benzene rings is 5. The Bertz CT molecular complexity index is 2010. The number of nitrogens with zero attached hydrogens (tertiary/aromatic N) is 1. The quantitative estimate of drug-likeness (QED) is 0.143. The normalized spacial score (nSPS) is 10.9. The Hall–Kier alpha value is -5.82. The number of carbonyl (C=O) groups is 1. The third-order valence-electron chi connectivity index (χ3n) is 8.04. The lowest BCUT2D eigenvalue weighted by Crippen LogP contribution is -2.23. The van der Waals surface area contributed by atoms with Gasteiger partial charge in [-0.05, 0) is 61.4 Å². The first kappa shape index (κ1) is 31.2. The average Bonchev–Trinajstić information content (AvgIpc) is 3.06. The van der Waals surface area contributed by atoms with Gasteiger partial charge in [-0.1, -0.05) is 96.1 Å². The summed E-state index contributed by atoms with van der Waals surface area (Å²) in [7, 11) is 0. The molecule has 7 heteroatoms. The van der Waals surface area contributed by atoms with Gasteiger partial charge in [-0.15, -0.1) is 0 Å². The zero-order valence-corrected chi connectivity index (χ0v) is 26.4. The Balaban J connectivity index is 1.34. The minimum atomic E-state index is -1.27. The molecular weight excluding hydrogens is 588 g/mol. The molecule has 1 aromatic heterocycles. The van der Waals surface area contributed by atoms with E-state index in [4.69, 9.17) is 9.47 Å². The fourth-order valence-corrected chi connectivity index (χ4v) is 5.68. The first-order valence-corrected chi connectivity index (χ1v) is 15.5. The summed E-state index contributed by atoms with van der Waals surface area (Å²) in [6, 6.07) is 39.6. The lowest BCUT2D eigenvalue weighted by Gasteiger charge is -2.27. The predicted octanol–water partition coefficient (Wildman–Crippen LogP) is 8.21. The number of H-pyrrole nitrogens is 1. The summed E-state index contributed by atoms with van der Waals surface area (Å²) in [4.78, 5) is 29.0. The van der Waals surface area contributed by atoms with E-state index in [2.05, 4.69) is 72.3 Å². The fourth-order valence-electron chi connectivity index (χ4n) is 5.68. The maximum absolute atomic E-state index is 12.3. The summed E-state index contributed by atoms with van der Waals surface area (Å²) in [6.07, 6.45) is 0. The van der Waals surface area contributed by atoms with Crippen LogP contribution in [0.4, 0.5) is 5.69 Å². The number of aromatic nitrogens is 1. The van der Waals surface area contributed by atoms with Crippen molar-refractivity contribution in [3.8, 4) is 11.5 Å². The third kappa shape index (κ3) is 7.71. The van der Waals surface area contributed by atoms with Gasteiger partial charge >= 0.3 is 5.97 Å². The van der Waals surface area contributed by atoms with Gasteiger partial charge in [0.1, 0.15) is 30.3 Å². The summed E-state index contributed by atoms with van der Waals surface area (Å²) < 4.78 is 12.7. The van der Waals surface area contributed by atoms with Crippen molar-refractivity contribution in [2.24, 2.45) is 0 Å². The van der Waals surface area contributed by atoms with Crippen molar-refractivity contribution < 1.29 is 19.4 Å². The number of rotatable bonds is 12. The highest BCUT2D eigenvalue weighted by Gasteiger charge is 2.17. The Morgan fingerprint density at radius 1 is 0.681 bits per heavy atom. The van der Waals surface area contributed by atoms with Gasteiger partial charge in [-0.2, -0.15) is 0 Å². The number of aromatic amines is 1. The van der Waals surface area contributed by atoms with E-state index < -0.39 is 11.5 Å². The Kier molecular flexibility index (Phi) is 9.34. The molecule has 6 rings (SSSR count). The summed E-state index contributed by atoms with van der Waals surface area (Å²) in [5.74, 6) is 0.289. The van der Waals surface area contributed by atoms with Gasteiger partial charge in [0.05, 0.1) is 0 Å². The summed E-state index contributed by atoms with van der Waals surface area (Å²) in [5.41, 5.74) is 7.01. The maximum Gasteiger partial charge on any atom is 0.341 e. The Morgan fingerprint density at radius 2 is 1.23 bits per heavy atom. The van der Waals surface area contributed by atoms with Gasteiger partial charge in [-0.25, -0.2) is 4.79 Å². The molecule has 0 unspecified atom stereocenters. The molecule has 6 aromatic rings. The van der Waals surface area contributed by atoms with Gasteiger partial charge in [0.2, 0.25) is 0 Å². The Morgan fingerprint density at radius 3 is 1.77 bits per heavy atom. The van der Waals surface area contributed by atoms with E-state index in [1.165, 1.54) is 17.2 Å². The number of hydrogen-bond donors (Lipinski definition) is 2. The van der Waals surface area contributed by atoms with Crippen LogP contribution in [0.15, 0.2) is 126 Å². The highest BCUT2D eigenvalue weighted by atomic mass is 16.5. The molecule has 0 saturated heterocycles. The van der Waals surface area contributed by atoms with Crippen LogP contribution in [0.1, 0.15) is 43.7 Å². The van der Waals surface area contributed by atoms with Crippen LogP contribution >= 0.6 is 0 Å². The molecule has 0 amide bonds. The number of nitrogens with one attached hydrogen (secondary N) is 1. The molecule has 2 N–H and O–H groups in total. The van der Waals surface area contributed by atoms with Crippen molar-refractivity contribution in [3.05, 3.63) is 171 Å². The molecule has 236 valence electrons. The van der Waals surface area contributed by atoms with E-state index in [0.29, 0.717) is 37.2 Å². The summed E-state index contributed by atoms with van der Waals surface area (Å²) in [5, 5.41) is 10.2. The largest absolute Gasteiger partial charge is 0.489 e. The standard InChI is InChI=1S/C40H36N2O5/c1-27-9-7-11-29(19-27)25-46-37-15-5-3-13-31(37)23-42(34-17-18-36-33(21-34)22-35(40(44)45)39(43)41-36)24-32-14-4-6-16-38(32)47-26-30-12-8-10-28(2)20-30/h3-22H,23-26H2,1-2H3,(H,41,43)(H,44,45). The number of pyridine rings is 1. The number of para-hydroxylation sites is 2. The van der Waals surface area contributed by atoms with Crippen LogP contribution in [-0.2, 0) is 26.3 Å². The van der Waals surface area contributed by atoms with Crippen LogP contribution in [0.25, 0.3) is 10.9 Å². The van der Waals surface area contributed by atoms with Crippen molar-refractivity contribution in [2.45, 2.75) is 40.2 Å². The smallest absolute Gasteiger partial charge is 0.341 e. The molecule has 5 aromatic carbocycles. The van der Waals surface area contributed by atoms with Gasteiger partial charge in [0.15, 0.2) is 0 Å². The lowest BCUT2D eigenvalue weighted by atomic mass is 10.1. The number of aryl methyl sites for hydroxylation is 2. The first-order valence-electron chi connectivity index (χ1n) is 15.5. The van der Waals surface area contributed by atoms with Gasteiger partial charge in [0, 0.05) is 40.8 Å². The number of aromatic carboxylic acids is 1. The van der Waals surface area contributed by atoms with Crippen LogP contribution < -0.4 is 19.9 Å². The number of carboxylic acids is 1. The predicted molar refractivity (Wildman–Crippen MR) is 185 cm³/mol. The molecule has 1 heterocycles. The fraction of sp³-hybridized carbons (Fsp3) is 0.150. The molecule has 0 aliphatic rings. The van der Waals surface area contributed by atoms with Crippen LogP contribution in [0.5, 0.6) is 11.5 Å². The number of anilines is 1. The second-order valence-electron chi connectivity index (χ2n) is 11.7. The zero-order valence-electron chi connectivity index (χ0n) is 26.4. The maximum atomic E-state index is 12.3. The minimum Gasteiger partial charge on any atom is -0.489 e. The van der Waals surface area contributed by atoms with E-state index in [1.807, 2.05) is 66.7 Å². The van der Waals surface area contributed by atoms with Gasteiger partial charge in [0.25, 0.3) is 5.56 Å². The van der Waals surface area contributed by atoms with Crippen LogP contribution in [0.2, 0.25) is 0 Å². The van der Waals surface area contributed by atoms with E-state index in [-0.39, 0.29) is 5.56 Å². The van der Waals surface area contributed by atoms with E-state index >= 15 is 0 Å². The van der Waals surface area contributed by atoms with Crippen molar-refractivity contribution in [3.63, 3.8) is 0 Å². The molecule has 47 heavy (non-hydrogen) atoms. The molecule has 0 bridgehead atoms. The van der Waals surface area contributed by atoms with Crippen molar-refractivity contribution >= 4 is 22.6 Å². The molecule has 0 aliphatic carbocycles. The molecule has 0 saturated carbocycles. The molecule has 7 nitrogen and oxygen atoms in total. The van der Waals surface area contributed by atoms with Crippen molar-refractivity contribution in [2.75, 3.05) is 4.90 Å². The average molecular weight is 625 g/mol. The zero-order chi connectivity index (χ0) is 32.8. The number of hydrogen-bond acceptors (Lipinski definition) is 5. The topological polar surface area (TPSA) is 91.9 Å². The number of carboxylic acid groups (broad SMARTS) is 1. The highest BCUT2D eigenvalue weighted by Crippen LogP contribution is 2.30. The highest BCUT2D eigenvalue weighted by molar-refractivity contribution is 5.93. The molecule has 0 atom stereocenters. The van der Waals surface area contributed by atoms with Gasteiger partial charge < -0.3 is 24.5 Å². The van der Waals surface area contributed by atoms with E-state index in [9.17, 15) is 14.7 Å². The Labute approximate surface area is 273 Å². The van der Waals surface area contributed by atoms with Crippen molar-refractivity contribution in [1.29, 1.82) is 0 Å². The monoisotopic (exact) mass is 624 g/mol. The molecule has 0 spiro atoms. The summed E-state index contributed by atoms with van der Waals surface area (Å²) >= 11 is 0. The second-order valence-corrected chi connectivity index (χ2v) is 11.7. The number of ether oxygens (including phenoxy) is 2. The molecule has 0 fully saturated rings. The van der Waals surface area contributed by atoms with Gasteiger partial charge in [-0.3, -0.25) is 4.79 Å². The van der Waals surface area contributed by atoms with Crippen LogP contribution in [0.3, 0.4) is 0 Å². The van der Waals surface area contributed by atoms with Crippen molar-refractivity contribution in [1.82, 2.24) is 4.98 Å². The minimum absolute atomic E-state index is 0.300. The van der Waals surface area contributed by atoms with Crippen LogP contribution in [0, 0.1) is 13.8 Å². The van der Waals surface area contributed by atoms with E-state index in [1.54, 1.807) is 0 Å². The first-order chi connectivity index (χ1) is 22.8. The molecular formula is C40H36N2O5.